The van der Waals surface area contributed by atoms with E-state index in [1.54, 1.807) is 0 Å². The lowest BCUT2D eigenvalue weighted by atomic mass is 10.1. The number of carboxylic acid groups (broad SMARTS) is 1. The molecule has 0 heterocycles. The van der Waals surface area contributed by atoms with E-state index in [0.717, 1.165) is 60.4 Å². The second-order valence-corrected chi connectivity index (χ2v) is 8.11. The van der Waals surface area contributed by atoms with Gasteiger partial charge >= 0.3 is 5.97 Å². The predicted octanol–water partition coefficient (Wildman–Crippen LogP) is 6.92. The fourth-order valence-corrected chi connectivity index (χ4v) is 3.45. The summed E-state index contributed by atoms with van der Waals surface area (Å²) in [6.45, 7) is 2.87. The van der Waals surface area contributed by atoms with Gasteiger partial charge in [0.2, 0.25) is 0 Å². The number of unbranched alkanes of at least 4 members (excludes halogenated alkanes) is 7. The highest BCUT2D eigenvalue weighted by atomic mass is 16.5. The fraction of sp³-hybridized carbons (Fsp3) is 0.500. The molecule has 2 aromatic rings. The van der Waals surface area contributed by atoms with Gasteiger partial charge in [0, 0.05) is 13.0 Å². The number of aryl methyl sites for hydroxylation is 1. The van der Waals surface area contributed by atoms with Gasteiger partial charge in [0.25, 0.3) is 0 Å². The molecule has 0 bridgehead atoms. The molecule has 0 aromatic heterocycles. The summed E-state index contributed by atoms with van der Waals surface area (Å²) in [5.41, 5.74) is 3.69. The summed E-state index contributed by atoms with van der Waals surface area (Å²) < 4.78 is 5.92. The Morgan fingerprint density at radius 1 is 0.844 bits per heavy atom. The van der Waals surface area contributed by atoms with Crippen molar-refractivity contribution in [1.29, 1.82) is 0 Å². The molecule has 0 atom stereocenters. The van der Waals surface area contributed by atoms with Crippen LogP contribution in [0.4, 0.5) is 11.4 Å². The van der Waals surface area contributed by atoms with Gasteiger partial charge in [-0.2, -0.15) is 10.2 Å². The van der Waals surface area contributed by atoms with Crippen LogP contribution in [0.15, 0.2) is 52.7 Å². The van der Waals surface area contributed by atoms with Crippen LogP contribution in [0.25, 0.3) is 0 Å². The Balaban J connectivity index is 1.62. The van der Waals surface area contributed by atoms with E-state index >= 15 is 0 Å². The van der Waals surface area contributed by atoms with E-state index in [1.165, 1.54) is 19.3 Å². The molecule has 0 unspecified atom stereocenters. The number of azo groups is 1. The first-order valence-electron chi connectivity index (χ1n) is 11.7. The lowest BCUT2D eigenvalue weighted by Gasteiger charge is -2.09. The molecule has 174 valence electrons. The molecule has 0 aliphatic carbocycles. The lowest BCUT2D eigenvalue weighted by Crippen LogP contribution is -1.98. The number of carbonyl (C=O) groups is 1. The monoisotopic (exact) mass is 440 g/mol. The van der Waals surface area contributed by atoms with Crippen molar-refractivity contribution in [2.24, 2.45) is 10.2 Å². The van der Waals surface area contributed by atoms with Gasteiger partial charge in [-0.3, -0.25) is 4.79 Å². The van der Waals surface area contributed by atoms with E-state index < -0.39 is 5.97 Å². The van der Waals surface area contributed by atoms with Crippen LogP contribution in [0.3, 0.4) is 0 Å². The van der Waals surface area contributed by atoms with E-state index in [4.69, 9.17) is 14.9 Å². The quantitative estimate of drug-likeness (QED) is 0.219. The van der Waals surface area contributed by atoms with E-state index in [1.807, 2.05) is 49.4 Å². The Bertz CT molecular complexity index is 834. The first kappa shape index (κ1) is 25.5. The average Bonchev–Trinajstić information content (AvgIpc) is 2.78. The Kier molecular flexibility index (Phi) is 12.1. The lowest BCUT2D eigenvalue weighted by molar-refractivity contribution is -0.137. The number of rotatable bonds is 16. The maximum absolute atomic E-state index is 10.5. The van der Waals surface area contributed by atoms with E-state index in [2.05, 4.69) is 10.2 Å². The molecule has 0 radical (unpaired) electrons. The zero-order valence-corrected chi connectivity index (χ0v) is 19.1. The molecule has 6 nitrogen and oxygen atoms in total. The van der Waals surface area contributed by atoms with Crippen LogP contribution in [0.5, 0.6) is 5.75 Å². The summed E-state index contributed by atoms with van der Waals surface area (Å²) in [6, 6.07) is 13.5. The largest absolute Gasteiger partial charge is 0.493 e. The van der Waals surface area contributed by atoms with Gasteiger partial charge in [-0.05, 0) is 67.6 Å². The number of carboxylic acids is 1. The predicted molar refractivity (Wildman–Crippen MR) is 127 cm³/mol. The van der Waals surface area contributed by atoms with Crippen LogP contribution in [0.2, 0.25) is 0 Å². The van der Waals surface area contributed by atoms with Crippen LogP contribution >= 0.6 is 0 Å². The van der Waals surface area contributed by atoms with Crippen molar-refractivity contribution in [3.63, 3.8) is 0 Å². The number of aliphatic carboxylic acids is 1. The SMILES string of the molecule is Cc1cc(N=Nc2ccc(CCO)cc2)ccc1OCCCCCCCCCCC(=O)O. The Hall–Kier alpha value is -2.73. The molecule has 0 fully saturated rings. The molecule has 0 aliphatic heterocycles. The first-order chi connectivity index (χ1) is 15.6. The molecule has 2 N–H and O–H groups in total. The van der Waals surface area contributed by atoms with Crippen LogP contribution in [0, 0.1) is 6.92 Å². The molecule has 0 aliphatic rings. The summed E-state index contributed by atoms with van der Waals surface area (Å²) in [4.78, 5) is 10.5. The summed E-state index contributed by atoms with van der Waals surface area (Å²) in [7, 11) is 0. The smallest absolute Gasteiger partial charge is 0.303 e. The van der Waals surface area contributed by atoms with Crippen molar-refractivity contribution in [1.82, 2.24) is 0 Å². The number of aliphatic hydroxyl groups is 1. The number of hydrogen-bond acceptors (Lipinski definition) is 5. The maximum Gasteiger partial charge on any atom is 0.303 e. The summed E-state index contributed by atoms with van der Waals surface area (Å²) in [5.74, 6) is 0.191. The van der Waals surface area contributed by atoms with E-state index in [-0.39, 0.29) is 6.61 Å². The van der Waals surface area contributed by atoms with Gasteiger partial charge in [-0.1, -0.05) is 50.7 Å². The van der Waals surface area contributed by atoms with Gasteiger partial charge in [-0.25, -0.2) is 0 Å². The number of hydrogen-bond donors (Lipinski definition) is 2. The van der Waals surface area contributed by atoms with Crippen molar-refractivity contribution in [3.8, 4) is 5.75 Å². The van der Waals surface area contributed by atoms with Crippen molar-refractivity contribution < 1.29 is 19.7 Å². The third-order valence-electron chi connectivity index (χ3n) is 5.32. The Morgan fingerprint density at radius 3 is 2.06 bits per heavy atom. The van der Waals surface area contributed by atoms with Crippen molar-refractivity contribution in [3.05, 3.63) is 53.6 Å². The molecule has 0 spiro atoms. The number of benzene rings is 2. The minimum atomic E-state index is -0.694. The van der Waals surface area contributed by atoms with Gasteiger partial charge in [0.15, 0.2) is 0 Å². The summed E-state index contributed by atoms with van der Waals surface area (Å²) in [5, 5.41) is 26.2. The van der Waals surface area contributed by atoms with Crippen molar-refractivity contribution in [2.45, 2.75) is 71.1 Å². The third-order valence-corrected chi connectivity index (χ3v) is 5.32. The minimum Gasteiger partial charge on any atom is -0.493 e. The molecule has 0 saturated carbocycles. The Labute approximate surface area is 191 Å². The van der Waals surface area contributed by atoms with Crippen LogP contribution in [-0.4, -0.2) is 29.4 Å². The van der Waals surface area contributed by atoms with Crippen molar-refractivity contribution >= 4 is 17.3 Å². The van der Waals surface area contributed by atoms with E-state index in [9.17, 15) is 4.79 Å². The highest BCUT2D eigenvalue weighted by Crippen LogP contribution is 2.26. The molecule has 0 saturated heterocycles. The summed E-state index contributed by atoms with van der Waals surface area (Å²) in [6.07, 6.45) is 9.64. The molecule has 6 heteroatoms. The highest BCUT2D eigenvalue weighted by Gasteiger charge is 2.02. The van der Waals surface area contributed by atoms with Gasteiger partial charge in [-0.15, -0.1) is 0 Å². The number of ether oxygens (including phenoxy) is 1. The topological polar surface area (TPSA) is 91.5 Å². The second kappa shape index (κ2) is 15.1. The molecular formula is C26H36N2O4. The Morgan fingerprint density at radius 2 is 1.44 bits per heavy atom. The highest BCUT2D eigenvalue weighted by molar-refractivity contribution is 5.66. The molecule has 0 amide bonds. The first-order valence-corrected chi connectivity index (χ1v) is 11.7. The van der Waals surface area contributed by atoms with Crippen LogP contribution in [0.1, 0.15) is 68.9 Å². The van der Waals surface area contributed by atoms with E-state index in [0.29, 0.717) is 19.4 Å². The number of aliphatic hydroxyl groups excluding tert-OH is 1. The third kappa shape index (κ3) is 10.5. The maximum atomic E-state index is 10.5. The van der Waals surface area contributed by atoms with Gasteiger partial charge in [0.05, 0.1) is 18.0 Å². The molecule has 32 heavy (non-hydrogen) atoms. The summed E-state index contributed by atoms with van der Waals surface area (Å²) >= 11 is 0. The average molecular weight is 441 g/mol. The molecular weight excluding hydrogens is 404 g/mol. The molecule has 2 aromatic carbocycles. The van der Waals surface area contributed by atoms with Crippen LogP contribution in [-0.2, 0) is 11.2 Å². The fourth-order valence-electron chi connectivity index (χ4n) is 3.45. The van der Waals surface area contributed by atoms with Gasteiger partial charge < -0.3 is 14.9 Å². The number of nitrogens with zero attached hydrogens (tertiary/aromatic N) is 2. The second-order valence-electron chi connectivity index (χ2n) is 8.11. The standard InChI is InChI=1S/C26H36N2O4/c1-21-20-24(28-27-23-13-11-22(12-14-23)17-18-29)15-16-25(21)32-19-9-7-5-3-2-4-6-8-10-26(30)31/h11-16,20,29H,2-10,17-19H2,1H3,(H,30,31). The molecule has 2 rings (SSSR count). The van der Waals surface area contributed by atoms with Crippen LogP contribution < -0.4 is 4.74 Å². The normalized spacial score (nSPS) is 11.2. The van der Waals surface area contributed by atoms with Crippen molar-refractivity contribution in [2.75, 3.05) is 13.2 Å². The zero-order valence-electron chi connectivity index (χ0n) is 19.1. The minimum absolute atomic E-state index is 0.145. The van der Waals surface area contributed by atoms with Gasteiger partial charge in [0.1, 0.15) is 5.75 Å². The zero-order chi connectivity index (χ0) is 23.0.